The molecule has 0 saturated heterocycles. The van der Waals surface area contributed by atoms with Crippen molar-refractivity contribution in [3.63, 3.8) is 0 Å². The number of hydrogen-bond donors (Lipinski definition) is 1. The first-order valence-corrected chi connectivity index (χ1v) is 8.63. The van der Waals surface area contributed by atoms with Crippen LogP contribution >= 0.6 is 34.5 Å². The molecule has 0 fully saturated rings. The maximum Gasteiger partial charge on any atom is 0.203 e. The van der Waals surface area contributed by atoms with E-state index in [0.717, 1.165) is 22.6 Å². The van der Waals surface area contributed by atoms with E-state index in [0.29, 0.717) is 15.2 Å². The molecule has 0 atom stereocenters. The summed E-state index contributed by atoms with van der Waals surface area (Å²) in [5.74, 6) is 0.810. The number of rotatable bonds is 5. The first kappa shape index (κ1) is 16.8. The molecule has 0 saturated carbocycles. The molecule has 4 nitrogen and oxygen atoms in total. The summed E-state index contributed by atoms with van der Waals surface area (Å²) in [5.41, 5.74) is 5.50. The summed E-state index contributed by atoms with van der Waals surface area (Å²) < 4.78 is 5.12. The average molecular weight is 378 g/mol. The van der Waals surface area contributed by atoms with E-state index in [1.165, 1.54) is 11.3 Å². The predicted molar refractivity (Wildman–Crippen MR) is 102 cm³/mol. The quantitative estimate of drug-likeness (QED) is 0.466. The second-order valence-electron chi connectivity index (χ2n) is 4.81. The SMILES string of the molecule is COc1ccc(/C=N\Nc2nc(-c3ccc(Cl)cc3Cl)cs2)cc1. The number of anilines is 1. The Bertz CT molecular complexity index is 863. The number of hydrazone groups is 1. The molecule has 2 aromatic carbocycles. The summed E-state index contributed by atoms with van der Waals surface area (Å²) >= 11 is 13.6. The van der Waals surface area contributed by atoms with E-state index >= 15 is 0 Å². The molecule has 7 heteroatoms. The van der Waals surface area contributed by atoms with E-state index in [-0.39, 0.29) is 0 Å². The van der Waals surface area contributed by atoms with Crippen LogP contribution in [0.1, 0.15) is 5.56 Å². The van der Waals surface area contributed by atoms with E-state index in [4.69, 9.17) is 27.9 Å². The molecule has 122 valence electrons. The molecule has 3 aromatic rings. The normalized spacial score (nSPS) is 11.0. The summed E-state index contributed by atoms with van der Waals surface area (Å²) in [5, 5.41) is 7.96. The van der Waals surface area contributed by atoms with Crippen LogP contribution in [0.25, 0.3) is 11.3 Å². The second kappa shape index (κ2) is 7.66. The molecule has 1 aromatic heterocycles. The van der Waals surface area contributed by atoms with Crippen molar-refractivity contribution in [2.75, 3.05) is 12.5 Å². The third-order valence-electron chi connectivity index (χ3n) is 3.20. The van der Waals surface area contributed by atoms with E-state index in [9.17, 15) is 0 Å². The Morgan fingerprint density at radius 1 is 1.17 bits per heavy atom. The monoisotopic (exact) mass is 377 g/mol. The summed E-state index contributed by atoms with van der Waals surface area (Å²) in [6, 6.07) is 12.9. The maximum absolute atomic E-state index is 6.20. The van der Waals surface area contributed by atoms with Crippen molar-refractivity contribution in [3.05, 3.63) is 63.5 Å². The van der Waals surface area contributed by atoms with Gasteiger partial charge in [-0.15, -0.1) is 11.3 Å². The van der Waals surface area contributed by atoms with Gasteiger partial charge in [-0.25, -0.2) is 4.98 Å². The molecule has 0 bridgehead atoms. The van der Waals surface area contributed by atoms with Crippen LogP contribution in [0.5, 0.6) is 5.75 Å². The van der Waals surface area contributed by atoms with Crippen LogP contribution in [-0.2, 0) is 0 Å². The summed E-state index contributed by atoms with van der Waals surface area (Å²) in [6.45, 7) is 0. The molecule has 24 heavy (non-hydrogen) atoms. The van der Waals surface area contributed by atoms with Gasteiger partial charge in [0.05, 0.1) is 24.0 Å². The highest BCUT2D eigenvalue weighted by Gasteiger charge is 2.08. The fourth-order valence-electron chi connectivity index (χ4n) is 2.00. The number of benzene rings is 2. The zero-order valence-corrected chi connectivity index (χ0v) is 15.0. The standard InChI is InChI=1S/C17H13Cl2N3OS/c1-23-13-5-2-11(3-6-13)9-20-22-17-21-16(10-24-17)14-7-4-12(18)8-15(14)19/h2-10H,1H3,(H,21,22)/b20-9-. The fraction of sp³-hybridized carbons (Fsp3) is 0.0588. The van der Waals surface area contributed by atoms with Crippen LogP contribution in [-0.4, -0.2) is 18.3 Å². The highest BCUT2D eigenvalue weighted by Crippen LogP contribution is 2.32. The molecule has 0 spiro atoms. The molecule has 0 radical (unpaired) electrons. The van der Waals surface area contributed by atoms with Crippen molar-refractivity contribution in [3.8, 4) is 17.0 Å². The van der Waals surface area contributed by atoms with Crippen LogP contribution in [0, 0.1) is 0 Å². The van der Waals surface area contributed by atoms with Gasteiger partial charge in [-0.3, -0.25) is 5.43 Å². The van der Waals surface area contributed by atoms with E-state index in [2.05, 4.69) is 15.5 Å². The Hall–Kier alpha value is -2.08. The Balaban J connectivity index is 1.68. The molecule has 3 rings (SSSR count). The summed E-state index contributed by atoms with van der Waals surface area (Å²) in [7, 11) is 1.64. The molecular weight excluding hydrogens is 365 g/mol. The molecule has 0 amide bonds. The minimum Gasteiger partial charge on any atom is -0.497 e. The second-order valence-corrected chi connectivity index (χ2v) is 6.51. The number of thiazole rings is 1. The number of hydrogen-bond acceptors (Lipinski definition) is 5. The number of methoxy groups -OCH3 is 1. The highest BCUT2D eigenvalue weighted by atomic mass is 35.5. The first-order chi connectivity index (χ1) is 11.7. The van der Waals surface area contributed by atoms with E-state index < -0.39 is 0 Å². The lowest BCUT2D eigenvalue weighted by molar-refractivity contribution is 0.415. The Morgan fingerprint density at radius 3 is 2.67 bits per heavy atom. The molecule has 1 heterocycles. The van der Waals surface area contributed by atoms with E-state index in [1.54, 1.807) is 25.5 Å². The number of aromatic nitrogens is 1. The largest absolute Gasteiger partial charge is 0.497 e. The van der Waals surface area contributed by atoms with Crippen molar-refractivity contribution in [1.82, 2.24) is 4.98 Å². The average Bonchev–Trinajstić information content (AvgIpc) is 3.04. The van der Waals surface area contributed by atoms with E-state index in [1.807, 2.05) is 35.7 Å². The molecule has 1 N–H and O–H groups in total. The van der Waals surface area contributed by atoms with Gasteiger partial charge < -0.3 is 4.74 Å². The van der Waals surface area contributed by atoms with Crippen molar-refractivity contribution in [2.24, 2.45) is 5.10 Å². The third-order valence-corrected chi connectivity index (χ3v) is 4.50. The zero-order valence-electron chi connectivity index (χ0n) is 12.7. The smallest absolute Gasteiger partial charge is 0.203 e. The number of nitrogens with one attached hydrogen (secondary N) is 1. The molecule has 0 unspecified atom stereocenters. The van der Waals surface area contributed by atoms with Crippen LogP contribution in [0.15, 0.2) is 52.9 Å². The number of ether oxygens (including phenoxy) is 1. The fourth-order valence-corrected chi connectivity index (χ4v) is 3.16. The van der Waals surface area contributed by atoms with Gasteiger partial charge in [0.1, 0.15) is 5.75 Å². The lowest BCUT2D eigenvalue weighted by Crippen LogP contribution is -1.90. The number of halogens is 2. The van der Waals surface area contributed by atoms with Crippen molar-refractivity contribution >= 4 is 45.9 Å². The van der Waals surface area contributed by atoms with Crippen molar-refractivity contribution < 1.29 is 4.74 Å². The third kappa shape index (κ3) is 4.06. The maximum atomic E-state index is 6.20. The summed E-state index contributed by atoms with van der Waals surface area (Å²) in [4.78, 5) is 4.48. The number of nitrogens with zero attached hydrogens (tertiary/aromatic N) is 2. The summed E-state index contributed by atoms with van der Waals surface area (Å²) in [6.07, 6.45) is 1.72. The Kier molecular flexibility index (Phi) is 5.35. The zero-order chi connectivity index (χ0) is 16.9. The van der Waals surface area contributed by atoms with Gasteiger partial charge in [0.2, 0.25) is 5.13 Å². The van der Waals surface area contributed by atoms with Gasteiger partial charge in [-0.1, -0.05) is 23.2 Å². The van der Waals surface area contributed by atoms with Gasteiger partial charge in [-0.2, -0.15) is 5.10 Å². The van der Waals surface area contributed by atoms with Gasteiger partial charge >= 0.3 is 0 Å². The lowest BCUT2D eigenvalue weighted by Gasteiger charge is -2.01. The predicted octanol–water partition coefficient (Wildman–Crippen LogP) is 5.57. The molecule has 0 aliphatic carbocycles. The Labute approximate surface area is 153 Å². The molecular formula is C17H13Cl2N3OS. The van der Waals surface area contributed by atoms with Crippen LogP contribution < -0.4 is 10.2 Å². The van der Waals surface area contributed by atoms with Gasteiger partial charge in [-0.05, 0) is 48.0 Å². The minimum absolute atomic E-state index is 0.570. The van der Waals surface area contributed by atoms with Crippen LogP contribution in [0.4, 0.5) is 5.13 Å². The lowest BCUT2D eigenvalue weighted by atomic mass is 10.2. The first-order valence-electron chi connectivity index (χ1n) is 7.00. The minimum atomic E-state index is 0.570. The highest BCUT2D eigenvalue weighted by molar-refractivity contribution is 7.14. The van der Waals surface area contributed by atoms with Gasteiger partial charge in [0, 0.05) is 16.0 Å². The van der Waals surface area contributed by atoms with Crippen LogP contribution in [0.2, 0.25) is 10.0 Å². The van der Waals surface area contributed by atoms with Crippen molar-refractivity contribution in [1.29, 1.82) is 0 Å². The molecule has 0 aliphatic heterocycles. The van der Waals surface area contributed by atoms with Gasteiger partial charge in [0.15, 0.2) is 0 Å². The van der Waals surface area contributed by atoms with Gasteiger partial charge in [0.25, 0.3) is 0 Å². The van der Waals surface area contributed by atoms with Crippen LogP contribution in [0.3, 0.4) is 0 Å². The Morgan fingerprint density at radius 2 is 1.96 bits per heavy atom. The topological polar surface area (TPSA) is 46.5 Å². The molecule has 0 aliphatic rings. The van der Waals surface area contributed by atoms with Crippen molar-refractivity contribution in [2.45, 2.75) is 0 Å².